The monoisotopic (exact) mass is 374 g/mol. The summed E-state index contributed by atoms with van der Waals surface area (Å²) in [5, 5.41) is 13.2. The number of rotatable bonds is 8. The number of amides is 1. The van der Waals surface area contributed by atoms with Crippen LogP contribution in [0.15, 0.2) is 18.2 Å². The van der Waals surface area contributed by atoms with Gasteiger partial charge in [0, 0.05) is 23.4 Å². The number of ketones is 1. The number of Topliss-reactive ketones (excluding diaryl/α,β-unsaturated/α-hetero) is 1. The molecule has 0 aliphatic carbocycles. The summed E-state index contributed by atoms with van der Waals surface area (Å²) in [6.07, 6.45) is -0.429. The first-order valence-corrected chi connectivity index (χ1v) is 8.74. The second-order valence-corrected chi connectivity index (χ2v) is 6.22. The minimum atomic E-state index is -0.979. The highest BCUT2D eigenvalue weighted by Crippen LogP contribution is 2.29. The maximum atomic E-state index is 12.6. The summed E-state index contributed by atoms with van der Waals surface area (Å²) in [5.41, 5.74) is 2.77. The highest BCUT2D eigenvalue weighted by molar-refractivity contribution is 6.02. The Balaban J connectivity index is 2.19. The molecule has 3 N–H and O–H groups in total. The predicted octanol–water partition coefficient (Wildman–Crippen LogP) is 2.57. The second kappa shape index (κ2) is 8.73. The Morgan fingerprint density at radius 1 is 1.26 bits per heavy atom. The summed E-state index contributed by atoms with van der Waals surface area (Å²) in [6, 6.07) is 5.09. The molecule has 0 bridgehead atoms. The number of aliphatic hydroxyl groups is 1. The van der Waals surface area contributed by atoms with Crippen LogP contribution in [0.2, 0.25) is 0 Å². The smallest absolute Gasteiger partial charge is 0.268 e. The van der Waals surface area contributed by atoms with Gasteiger partial charge in [-0.05, 0) is 44.0 Å². The zero-order chi connectivity index (χ0) is 20.1. The third-order valence-corrected chi connectivity index (χ3v) is 4.48. The van der Waals surface area contributed by atoms with Gasteiger partial charge in [-0.25, -0.2) is 0 Å². The van der Waals surface area contributed by atoms with Crippen molar-refractivity contribution < 1.29 is 24.2 Å². The van der Waals surface area contributed by atoms with Gasteiger partial charge in [-0.3, -0.25) is 9.59 Å². The number of nitrogens with one attached hydrogen (secondary N) is 2. The first kappa shape index (κ1) is 20.5. The number of benzene rings is 1. The van der Waals surface area contributed by atoms with Gasteiger partial charge in [0.25, 0.3) is 5.91 Å². The summed E-state index contributed by atoms with van der Waals surface area (Å²) in [7, 11) is 3.04. The van der Waals surface area contributed by atoms with Crippen LogP contribution in [0.25, 0.3) is 0 Å². The fraction of sp³-hybridized carbons (Fsp3) is 0.400. The van der Waals surface area contributed by atoms with Crippen molar-refractivity contribution in [2.45, 2.75) is 33.3 Å². The number of aromatic nitrogens is 1. The lowest BCUT2D eigenvalue weighted by Crippen LogP contribution is -2.29. The molecule has 0 aliphatic rings. The number of aromatic amines is 1. The van der Waals surface area contributed by atoms with Gasteiger partial charge in [0.15, 0.2) is 5.78 Å². The molecule has 0 spiro atoms. The summed E-state index contributed by atoms with van der Waals surface area (Å²) in [6.45, 7) is 5.12. The molecule has 0 fully saturated rings. The van der Waals surface area contributed by atoms with Crippen LogP contribution < -0.4 is 14.8 Å². The Hall–Kier alpha value is -2.80. The van der Waals surface area contributed by atoms with Gasteiger partial charge >= 0.3 is 0 Å². The molecule has 1 aromatic carbocycles. The Morgan fingerprint density at radius 2 is 1.96 bits per heavy atom. The van der Waals surface area contributed by atoms with Crippen molar-refractivity contribution in [1.82, 2.24) is 10.3 Å². The second-order valence-electron chi connectivity index (χ2n) is 6.22. The van der Waals surface area contributed by atoms with Gasteiger partial charge in [-0.15, -0.1) is 0 Å². The van der Waals surface area contributed by atoms with Gasteiger partial charge < -0.3 is 24.9 Å². The van der Waals surface area contributed by atoms with E-state index in [0.717, 1.165) is 0 Å². The van der Waals surface area contributed by atoms with E-state index in [1.807, 2.05) is 6.92 Å². The van der Waals surface area contributed by atoms with Crippen molar-refractivity contribution in [3.8, 4) is 11.5 Å². The highest BCUT2D eigenvalue weighted by Gasteiger charge is 2.22. The van der Waals surface area contributed by atoms with E-state index in [-0.39, 0.29) is 18.2 Å². The molecule has 1 heterocycles. The van der Waals surface area contributed by atoms with E-state index in [1.165, 1.54) is 21.1 Å². The van der Waals surface area contributed by atoms with Gasteiger partial charge in [0.05, 0.1) is 14.2 Å². The fourth-order valence-electron chi connectivity index (χ4n) is 3.19. The quantitative estimate of drug-likeness (QED) is 0.617. The number of methoxy groups -OCH3 is 2. The molecule has 1 atom stereocenters. The Kier molecular flexibility index (Phi) is 6.63. The van der Waals surface area contributed by atoms with Gasteiger partial charge in [0.2, 0.25) is 0 Å². The third kappa shape index (κ3) is 4.31. The van der Waals surface area contributed by atoms with E-state index < -0.39 is 6.10 Å². The van der Waals surface area contributed by atoms with Gasteiger partial charge in [-0.1, -0.05) is 6.92 Å². The molecule has 1 aromatic heterocycles. The maximum Gasteiger partial charge on any atom is 0.268 e. The number of hydrogen-bond acceptors (Lipinski definition) is 5. The number of H-pyrrole nitrogens is 1. The van der Waals surface area contributed by atoms with Crippen molar-refractivity contribution in [2.24, 2.45) is 0 Å². The molecule has 7 nitrogen and oxygen atoms in total. The van der Waals surface area contributed by atoms with E-state index in [2.05, 4.69) is 10.3 Å². The molecule has 27 heavy (non-hydrogen) atoms. The number of carbonyl (C=O) groups is 2. The molecule has 2 aromatic rings. The number of aryl methyl sites for hydroxylation is 1. The van der Waals surface area contributed by atoms with Crippen LogP contribution in [0.1, 0.15) is 57.6 Å². The van der Waals surface area contributed by atoms with Crippen LogP contribution >= 0.6 is 0 Å². The van der Waals surface area contributed by atoms with Crippen molar-refractivity contribution in [3.05, 3.63) is 46.3 Å². The summed E-state index contributed by atoms with van der Waals surface area (Å²) >= 11 is 0. The minimum absolute atomic E-state index is 0.0149. The molecule has 2 rings (SSSR count). The molecule has 0 radical (unpaired) electrons. The zero-order valence-corrected chi connectivity index (χ0v) is 16.3. The lowest BCUT2D eigenvalue weighted by molar-refractivity contribution is 0.0909. The first-order chi connectivity index (χ1) is 12.8. The molecule has 0 saturated carbocycles. The van der Waals surface area contributed by atoms with Crippen molar-refractivity contribution in [3.63, 3.8) is 0 Å². The normalized spacial score (nSPS) is 11.8. The van der Waals surface area contributed by atoms with Crippen molar-refractivity contribution >= 4 is 11.7 Å². The Morgan fingerprint density at radius 3 is 2.52 bits per heavy atom. The largest absolute Gasteiger partial charge is 0.497 e. The maximum absolute atomic E-state index is 12.6. The highest BCUT2D eigenvalue weighted by atomic mass is 16.5. The molecule has 146 valence electrons. The van der Waals surface area contributed by atoms with Crippen LogP contribution in [0.5, 0.6) is 11.5 Å². The van der Waals surface area contributed by atoms with Crippen LogP contribution in [-0.4, -0.2) is 42.5 Å². The lowest BCUT2D eigenvalue weighted by atomic mass is 10.0. The molecule has 7 heteroatoms. The number of hydrogen-bond donors (Lipinski definition) is 3. The van der Waals surface area contributed by atoms with E-state index in [1.54, 1.807) is 25.1 Å². The molecule has 1 unspecified atom stereocenters. The molecular formula is C20H26N2O5. The standard InChI is InChI=1S/C20H26N2O5/c1-6-14-18(12(3)23)11(2)22-19(14)20(25)21-10-16(24)15-9-13(26-4)7-8-17(15)27-5/h7-9,16,22,24H,6,10H2,1-5H3,(H,21,25). The topological polar surface area (TPSA) is 101 Å². The Bertz CT molecular complexity index is 841. The number of ether oxygens (including phenoxy) is 2. The summed E-state index contributed by atoms with van der Waals surface area (Å²) < 4.78 is 10.4. The number of carbonyl (C=O) groups excluding carboxylic acids is 2. The summed E-state index contributed by atoms with van der Waals surface area (Å²) in [5.74, 6) is 0.626. The average molecular weight is 374 g/mol. The van der Waals surface area contributed by atoms with Crippen LogP contribution in [0.3, 0.4) is 0 Å². The van der Waals surface area contributed by atoms with Crippen molar-refractivity contribution in [1.29, 1.82) is 0 Å². The molecule has 1 amide bonds. The van der Waals surface area contributed by atoms with E-state index in [9.17, 15) is 14.7 Å². The van der Waals surface area contributed by atoms with Gasteiger partial charge in [-0.2, -0.15) is 0 Å². The lowest BCUT2D eigenvalue weighted by Gasteiger charge is -2.16. The van der Waals surface area contributed by atoms with Crippen LogP contribution in [0.4, 0.5) is 0 Å². The SMILES string of the molecule is CCc1c(C(=O)NCC(O)c2cc(OC)ccc2OC)[nH]c(C)c1C(C)=O. The first-order valence-electron chi connectivity index (χ1n) is 8.74. The molecule has 0 saturated heterocycles. The van der Waals surface area contributed by atoms with Crippen molar-refractivity contribution in [2.75, 3.05) is 20.8 Å². The zero-order valence-electron chi connectivity index (χ0n) is 16.3. The van der Waals surface area contributed by atoms with E-state index >= 15 is 0 Å². The van der Waals surface area contributed by atoms with Crippen LogP contribution in [-0.2, 0) is 6.42 Å². The van der Waals surface area contributed by atoms with Crippen LogP contribution in [0, 0.1) is 6.92 Å². The minimum Gasteiger partial charge on any atom is -0.497 e. The average Bonchev–Trinajstić information content (AvgIpc) is 3.01. The Labute approximate surface area is 158 Å². The summed E-state index contributed by atoms with van der Waals surface area (Å²) in [4.78, 5) is 27.4. The van der Waals surface area contributed by atoms with E-state index in [0.29, 0.717) is 46.0 Å². The van der Waals surface area contributed by atoms with E-state index in [4.69, 9.17) is 9.47 Å². The predicted molar refractivity (Wildman–Crippen MR) is 102 cm³/mol. The fourth-order valence-corrected chi connectivity index (χ4v) is 3.19. The van der Waals surface area contributed by atoms with Gasteiger partial charge in [0.1, 0.15) is 23.3 Å². The molecular weight excluding hydrogens is 348 g/mol. The third-order valence-electron chi connectivity index (χ3n) is 4.48. The number of aliphatic hydroxyl groups excluding tert-OH is 1. The molecule has 0 aliphatic heterocycles.